The summed E-state index contributed by atoms with van der Waals surface area (Å²) in [5.41, 5.74) is 3.89. The van der Waals surface area contributed by atoms with Crippen LogP contribution in [0, 0.1) is 0 Å². The molecular formula is C26H28N2O3S. The van der Waals surface area contributed by atoms with E-state index in [2.05, 4.69) is 26.1 Å². The standard InChI is InChI=1S/C26H28N2O3S/c1-26(2,3)21-14-11-20(12-15-21)25(29)27-22-16-13-19-8-7-17-28(24(19)18-22)32(30,31)23-9-5-4-6-10-23/h4-6,9-16,18H,7-8,17H2,1-3H3,(H,27,29). The lowest BCUT2D eigenvalue weighted by Gasteiger charge is -2.31. The average Bonchev–Trinajstić information content (AvgIpc) is 2.78. The lowest BCUT2D eigenvalue weighted by molar-refractivity contribution is 0.102. The Balaban J connectivity index is 1.60. The van der Waals surface area contributed by atoms with Crippen molar-refractivity contribution in [2.24, 2.45) is 0 Å². The Bertz CT molecular complexity index is 1230. The highest BCUT2D eigenvalue weighted by Crippen LogP contribution is 2.34. The van der Waals surface area contributed by atoms with E-state index in [1.54, 1.807) is 36.4 Å². The van der Waals surface area contributed by atoms with Gasteiger partial charge in [0.1, 0.15) is 0 Å². The van der Waals surface area contributed by atoms with Gasteiger partial charge in [-0.15, -0.1) is 0 Å². The molecule has 0 bridgehead atoms. The van der Waals surface area contributed by atoms with E-state index in [1.807, 2.05) is 36.4 Å². The number of nitrogens with zero attached hydrogens (tertiary/aromatic N) is 1. The van der Waals surface area contributed by atoms with Gasteiger partial charge in [-0.25, -0.2) is 8.42 Å². The zero-order chi connectivity index (χ0) is 22.9. The number of aryl methyl sites for hydroxylation is 1. The summed E-state index contributed by atoms with van der Waals surface area (Å²) >= 11 is 0. The maximum atomic E-state index is 13.3. The molecule has 0 saturated heterocycles. The molecule has 166 valence electrons. The summed E-state index contributed by atoms with van der Waals surface area (Å²) in [6.07, 6.45) is 1.56. The maximum Gasteiger partial charge on any atom is 0.264 e. The van der Waals surface area contributed by atoms with Crippen LogP contribution in [-0.4, -0.2) is 20.9 Å². The third-order valence-corrected chi connectivity index (χ3v) is 7.59. The van der Waals surface area contributed by atoms with Crippen LogP contribution in [0.3, 0.4) is 0 Å². The van der Waals surface area contributed by atoms with Crippen molar-refractivity contribution in [3.8, 4) is 0 Å². The van der Waals surface area contributed by atoms with Gasteiger partial charge in [0.2, 0.25) is 0 Å². The van der Waals surface area contributed by atoms with Gasteiger partial charge in [-0.3, -0.25) is 9.10 Å². The maximum absolute atomic E-state index is 13.3. The molecule has 0 radical (unpaired) electrons. The zero-order valence-corrected chi connectivity index (χ0v) is 19.4. The zero-order valence-electron chi connectivity index (χ0n) is 18.6. The Hall–Kier alpha value is -3.12. The molecule has 3 aromatic carbocycles. The summed E-state index contributed by atoms with van der Waals surface area (Å²) in [6, 6.07) is 21.5. The molecule has 3 aromatic rings. The number of carbonyl (C=O) groups excluding carboxylic acids is 1. The summed E-state index contributed by atoms with van der Waals surface area (Å²) in [4.78, 5) is 13.1. The van der Waals surface area contributed by atoms with Crippen LogP contribution < -0.4 is 9.62 Å². The Kier molecular flexibility index (Phi) is 5.82. The molecule has 0 fully saturated rings. The molecule has 0 atom stereocenters. The van der Waals surface area contributed by atoms with Crippen molar-refractivity contribution in [2.75, 3.05) is 16.2 Å². The Labute approximate surface area is 190 Å². The van der Waals surface area contributed by atoms with Crippen LogP contribution in [0.15, 0.2) is 77.7 Å². The fraction of sp³-hybridized carbons (Fsp3) is 0.269. The first-order valence-electron chi connectivity index (χ1n) is 10.8. The van der Waals surface area contributed by atoms with Crippen molar-refractivity contribution < 1.29 is 13.2 Å². The molecule has 0 unspecified atom stereocenters. The Morgan fingerprint density at radius 3 is 2.28 bits per heavy atom. The topological polar surface area (TPSA) is 66.5 Å². The van der Waals surface area contributed by atoms with Crippen molar-refractivity contribution in [1.29, 1.82) is 0 Å². The molecule has 5 nitrogen and oxygen atoms in total. The number of amides is 1. The highest BCUT2D eigenvalue weighted by molar-refractivity contribution is 7.92. The minimum absolute atomic E-state index is 0.0151. The molecule has 1 N–H and O–H groups in total. The van der Waals surface area contributed by atoms with E-state index in [-0.39, 0.29) is 16.2 Å². The van der Waals surface area contributed by atoms with Crippen molar-refractivity contribution in [3.63, 3.8) is 0 Å². The smallest absolute Gasteiger partial charge is 0.264 e. The highest BCUT2D eigenvalue weighted by Gasteiger charge is 2.29. The lowest BCUT2D eigenvalue weighted by Crippen LogP contribution is -2.35. The van der Waals surface area contributed by atoms with Crippen LogP contribution in [0.4, 0.5) is 11.4 Å². The fourth-order valence-electron chi connectivity index (χ4n) is 3.91. The predicted octanol–water partition coefficient (Wildman–Crippen LogP) is 5.38. The third-order valence-electron chi connectivity index (χ3n) is 5.76. The molecule has 6 heteroatoms. The average molecular weight is 449 g/mol. The van der Waals surface area contributed by atoms with E-state index < -0.39 is 10.0 Å². The first-order chi connectivity index (χ1) is 15.2. The summed E-state index contributed by atoms with van der Waals surface area (Å²) in [7, 11) is -3.67. The number of hydrogen-bond donors (Lipinski definition) is 1. The summed E-state index contributed by atoms with van der Waals surface area (Å²) in [5, 5.41) is 2.92. The summed E-state index contributed by atoms with van der Waals surface area (Å²) < 4.78 is 28.0. The minimum atomic E-state index is -3.67. The number of hydrogen-bond acceptors (Lipinski definition) is 3. The summed E-state index contributed by atoms with van der Waals surface area (Å²) in [5.74, 6) is -0.223. The first kappa shape index (κ1) is 22.1. The van der Waals surface area contributed by atoms with E-state index >= 15 is 0 Å². The lowest BCUT2D eigenvalue weighted by atomic mass is 9.87. The Morgan fingerprint density at radius 1 is 0.938 bits per heavy atom. The monoisotopic (exact) mass is 448 g/mol. The molecular weight excluding hydrogens is 420 g/mol. The van der Waals surface area contributed by atoms with Gasteiger partial charge in [-0.2, -0.15) is 0 Å². The third kappa shape index (κ3) is 4.41. The van der Waals surface area contributed by atoms with Crippen molar-refractivity contribution >= 4 is 27.3 Å². The van der Waals surface area contributed by atoms with Gasteiger partial charge < -0.3 is 5.32 Å². The van der Waals surface area contributed by atoms with E-state index in [0.29, 0.717) is 23.5 Å². The van der Waals surface area contributed by atoms with Gasteiger partial charge in [0, 0.05) is 17.8 Å². The fourth-order valence-corrected chi connectivity index (χ4v) is 5.47. The number of benzene rings is 3. The van der Waals surface area contributed by atoms with Gasteiger partial charge >= 0.3 is 0 Å². The van der Waals surface area contributed by atoms with E-state index in [1.165, 1.54) is 4.31 Å². The molecule has 32 heavy (non-hydrogen) atoms. The molecule has 4 rings (SSSR count). The van der Waals surface area contributed by atoms with Crippen LogP contribution in [0.1, 0.15) is 48.7 Å². The summed E-state index contributed by atoms with van der Waals surface area (Å²) in [6.45, 7) is 6.80. The molecule has 1 amide bonds. The van der Waals surface area contributed by atoms with Crippen molar-refractivity contribution in [2.45, 2.75) is 43.9 Å². The number of rotatable bonds is 4. The normalized spacial score (nSPS) is 14.0. The van der Waals surface area contributed by atoms with Crippen LogP contribution in [0.2, 0.25) is 0 Å². The SMILES string of the molecule is CC(C)(C)c1ccc(C(=O)Nc2ccc3c(c2)N(S(=O)(=O)c2ccccc2)CCC3)cc1. The van der Waals surface area contributed by atoms with Crippen molar-refractivity contribution in [3.05, 3.63) is 89.5 Å². The van der Waals surface area contributed by atoms with Gasteiger partial charge in [-0.05, 0) is 65.8 Å². The molecule has 0 aromatic heterocycles. The molecule has 1 aliphatic rings. The number of carbonyl (C=O) groups is 1. The molecule has 0 saturated carbocycles. The van der Waals surface area contributed by atoms with E-state index in [4.69, 9.17) is 0 Å². The highest BCUT2D eigenvalue weighted by atomic mass is 32.2. The van der Waals surface area contributed by atoms with Crippen LogP contribution in [0.5, 0.6) is 0 Å². The number of anilines is 2. The van der Waals surface area contributed by atoms with E-state index in [0.717, 1.165) is 24.0 Å². The van der Waals surface area contributed by atoms with E-state index in [9.17, 15) is 13.2 Å². The number of fused-ring (bicyclic) bond motifs is 1. The second-order valence-electron chi connectivity index (χ2n) is 9.12. The predicted molar refractivity (Wildman–Crippen MR) is 129 cm³/mol. The quantitative estimate of drug-likeness (QED) is 0.583. The van der Waals surface area contributed by atoms with Crippen LogP contribution >= 0.6 is 0 Å². The second kappa shape index (κ2) is 8.43. The van der Waals surface area contributed by atoms with Gasteiger partial charge in [0.15, 0.2) is 0 Å². The van der Waals surface area contributed by atoms with Crippen LogP contribution in [0.25, 0.3) is 0 Å². The van der Waals surface area contributed by atoms with Gasteiger partial charge in [0.25, 0.3) is 15.9 Å². The molecule has 0 aliphatic carbocycles. The number of nitrogens with one attached hydrogen (secondary N) is 1. The van der Waals surface area contributed by atoms with Gasteiger partial charge in [0.05, 0.1) is 10.6 Å². The largest absolute Gasteiger partial charge is 0.322 e. The van der Waals surface area contributed by atoms with Crippen LogP contribution in [-0.2, 0) is 21.9 Å². The molecule has 0 spiro atoms. The van der Waals surface area contributed by atoms with Crippen molar-refractivity contribution in [1.82, 2.24) is 0 Å². The first-order valence-corrected chi connectivity index (χ1v) is 12.2. The number of sulfonamides is 1. The molecule has 1 aliphatic heterocycles. The minimum Gasteiger partial charge on any atom is -0.322 e. The van der Waals surface area contributed by atoms with Gasteiger partial charge in [-0.1, -0.05) is 57.2 Å². The Morgan fingerprint density at radius 2 is 1.62 bits per heavy atom. The molecule has 1 heterocycles. The second-order valence-corrected chi connectivity index (χ2v) is 11.0.